The number of hydrogen-bond donors (Lipinski definition) is 3. The number of unbranched alkanes of at least 4 members (excludes halogenated alkanes) is 1. The normalized spacial score (nSPS) is 11.4. The minimum absolute atomic E-state index is 0.0196. The topological polar surface area (TPSA) is 152 Å². The van der Waals surface area contributed by atoms with Gasteiger partial charge in [-0.25, -0.2) is 4.98 Å². The van der Waals surface area contributed by atoms with E-state index in [9.17, 15) is 24.0 Å². The van der Waals surface area contributed by atoms with Gasteiger partial charge >= 0.3 is 0 Å². The Balaban J connectivity index is 1.55. The smallest absolute Gasteiger partial charge is 0.278 e. The molecule has 0 saturated carbocycles. The number of aromatic amines is 1. The first-order chi connectivity index (χ1) is 20.4. The summed E-state index contributed by atoms with van der Waals surface area (Å²) in [4.78, 5) is 70.2. The summed E-state index contributed by atoms with van der Waals surface area (Å²) in [7, 11) is 0. The van der Waals surface area contributed by atoms with Crippen LogP contribution in [0.1, 0.15) is 42.1 Å². The van der Waals surface area contributed by atoms with Crippen LogP contribution < -0.4 is 26.4 Å². The molecule has 4 aromatic rings. The van der Waals surface area contributed by atoms with Gasteiger partial charge < -0.3 is 20.4 Å². The van der Waals surface area contributed by atoms with E-state index in [0.717, 1.165) is 12.8 Å². The molecule has 0 spiro atoms. The van der Waals surface area contributed by atoms with Crippen LogP contribution in [-0.4, -0.2) is 45.3 Å². The van der Waals surface area contributed by atoms with Crippen molar-refractivity contribution in [3.63, 3.8) is 0 Å². The van der Waals surface area contributed by atoms with Crippen molar-refractivity contribution in [1.82, 2.24) is 19.9 Å². The minimum atomic E-state index is -0.587. The molecule has 2 aromatic carbocycles. The number of ketones is 1. The highest BCUT2D eigenvalue weighted by atomic mass is 16.5. The van der Waals surface area contributed by atoms with Crippen LogP contribution in [0.25, 0.3) is 11.4 Å². The maximum absolute atomic E-state index is 13.2. The molecular formula is C31H31N5O6. The van der Waals surface area contributed by atoms with Gasteiger partial charge in [-0.15, -0.1) is 0 Å². The van der Waals surface area contributed by atoms with E-state index in [1.54, 1.807) is 54.6 Å². The van der Waals surface area contributed by atoms with E-state index >= 15 is 0 Å². The number of hydrogen-bond acceptors (Lipinski definition) is 7. The number of carbonyl (C=O) groups is 3. The zero-order valence-electron chi connectivity index (χ0n) is 23.0. The number of ether oxygens (including phenoxy) is 1. The highest BCUT2D eigenvalue weighted by molar-refractivity contribution is 6.10. The van der Waals surface area contributed by atoms with Crippen molar-refractivity contribution >= 4 is 23.8 Å². The summed E-state index contributed by atoms with van der Waals surface area (Å²) in [5, 5.41) is 5.11. The maximum atomic E-state index is 13.2. The zero-order valence-corrected chi connectivity index (χ0v) is 23.0. The third-order valence-electron chi connectivity index (χ3n) is 6.47. The Kier molecular flexibility index (Phi) is 10.1. The Bertz CT molecular complexity index is 1650. The van der Waals surface area contributed by atoms with Crippen molar-refractivity contribution in [1.29, 1.82) is 0 Å². The summed E-state index contributed by atoms with van der Waals surface area (Å²) >= 11 is 0. The van der Waals surface area contributed by atoms with Crippen molar-refractivity contribution in [2.45, 2.75) is 38.8 Å². The van der Waals surface area contributed by atoms with Crippen molar-refractivity contribution in [3.05, 3.63) is 111 Å². The lowest BCUT2D eigenvalue weighted by Gasteiger charge is -2.21. The van der Waals surface area contributed by atoms with Gasteiger partial charge in [0.05, 0.1) is 12.7 Å². The minimum Gasteiger partial charge on any atom is -0.473 e. The van der Waals surface area contributed by atoms with Crippen LogP contribution in [0.3, 0.4) is 0 Å². The summed E-state index contributed by atoms with van der Waals surface area (Å²) < 4.78 is 7.30. The molecule has 2 amide bonds. The Labute approximate surface area is 241 Å². The molecule has 0 aliphatic carbocycles. The second kappa shape index (κ2) is 14.4. The number of carbonyl (C=O) groups excluding carboxylic acids is 3. The Hall–Kier alpha value is -5.32. The molecular weight excluding hydrogens is 538 g/mol. The fourth-order valence-electron chi connectivity index (χ4n) is 4.35. The highest BCUT2D eigenvalue weighted by Gasteiger charge is 2.22. The zero-order chi connectivity index (χ0) is 29.9. The average molecular weight is 570 g/mol. The predicted molar refractivity (Wildman–Crippen MR) is 158 cm³/mol. The molecule has 2 heterocycles. The van der Waals surface area contributed by atoms with E-state index in [1.165, 1.54) is 23.0 Å². The Morgan fingerprint density at radius 2 is 1.76 bits per heavy atom. The molecule has 1 atom stereocenters. The molecule has 0 radical (unpaired) electrons. The van der Waals surface area contributed by atoms with Crippen LogP contribution in [0.2, 0.25) is 0 Å². The first-order valence-corrected chi connectivity index (χ1v) is 13.5. The molecule has 0 aliphatic rings. The van der Waals surface area contributed by atoms with Gasteiger partial charge in [0.15, 0.2) is 5.43 Å². The fraction of sp³-hybridized carbons (Fsp3) is 0.226. The molecule has 3 N–H and O–H groups in total. The third kappa shape index (κ3) is 7.25. The quantitative estimate of drug-likeness (QED) is 0.156. The molecule has 0 aliphatic heterocycles. The lowest BCUT2D eigenvalue weighted by Crippen LogP contribution is -2.40. The van der Waals surface area contributed by atoms with E-state index in [1.807, 2.05) is 13.0 Å². The van der Waals surface area contributed by atoms with Gasteiger partial charge in [0.2, 0.25) is 24.0 Å². The van der Waals surface area contributed by atoms with Crippen LogP contribution >= 0.6 is 0 Å². The molecule has 11 heteroatoms. The molecule has 1 unspecified atom stereocenters. The van der Waals surface area contributed by atoms with E-state index in [-0.39, 0.29) is 36.0 Å². The Morgan fingerprint density at radius 3 is 2.45 bits per heavy atom. The molecule has 0 fully saturated rings. The van der Waals surface area contributed by atoms with E-state index in [0.29, 0.717) is 24.0 Å². The molecule has 216 valence electrons. The molecule has 2 aromatic heterocycles. The summed E-state index contributed by atoms with van der Waals surface area (Å²) in [6.45, 7) is 1.68. The third-order valence-corrected chi connectivity index (χ3v) is 6.47. The fourth-order valence-corrected chi connectivity index (χ4v) is 4.35. The second-order valence-corrected chi connectivity index (χ2v) is 9.44. The molecule has 42 heavy (non-hydrogen) atoms. The van der Waals surface area contributed by atoms with Gasteiger partial charge in [-0.2, -0.15) is 0 Å². The van der Waals surface area contributed by atoms with Crippen LogP contribution in [0.5, 0.6) is 5.88 Å². The summed E-state index contributed by atoms with van der Waals surface area (Å²) in [5.41, 5.74) is -0.299. The van der Waals surface area contributed by atoms with E-state index in [4.69, 9.17) is 4.74 Å². The highest BCUT2D eigenvalue weighted by Crippen LogP contribution is 2.19. The van der Waals surface area contributed by atoms with Crippen LogP contribution in [0.4, 0.5) is 5.69 Å². The van der Waals surface area contributed by atoms with Gasteiger partial charge in [-0.3, -0.25) is 28.5 Å². The number of nitrogens with one attached hydrogen (secondary N) is 3. The van der Waals surface area contributed by atoms with Crippen LogP contribution in [0, 0.1) is 0 Å². The van der Waals surface area contributed by atoms with Crippen LogP contribution in [-0.2, 0) is 16.1 Å². The number of H-pyrrole nitrogens is 1. The van der Waals surface area contributed by atoms with Gasteiger partial charge in [0.1, 0.15) is 29.7 Å². The summed E-state index contributed by atoms with van der Waals surface area (Å²) in [5.74, 6) is -0.690. The predicted octanol–water partition coefficient (Wildman–Crippen LogP) is 3.15. The number of pyridine rings is 1. The van der Waals surface area contributed by atoms with Crippen LogP contribution in [0.15, 0.2) is 88.7 Å². The second-order valence-electron chi connectivity index (χ2n) is 9.44. The number of benzene rings is 2. The maximum Gasteiger partial charge on any atom is 0.278 e. The number of anilines is 1. The number of amides is 2. The van der Waals surface area contributed by atoms with Crippen molar-refractivity contribution in [3.8, 4) is 17.3 Å². The largest absolute Gasteiger partial charge is 0.473 e. The number of nitrogens with zero attached hydrogens (tertiary/aromatic N) is 2. The lowest BCUT2D eigenvalue weighted by molar-refractivity contribution is -0.122. The number of aromatic nitrogens is 3. The van der Waals surface area contributed by atoms with Crippen molar-refractivity contribution < 1.29 is 19.1 Å². The van der Waals surface area contributed by atoms with E-state index < -0.39 is 28.8 Å². The molecule has 0 bridgehead atoms. The monoisotopic (exact) mass is 569 g/mol. The Morgan fingerprint density at radius 1 is 1.05 bits per heavy atom. The van der Waals surface area contributed by atoms with Gasteiger partial charge in [-0.05, 0) is 12.8 Å². The molecule has 0 saturated heterocycles. The molecule has 4 rings (SSSR count). The summed E-state index contributed by atoms with van der Waals surface area (Å²) in [6, 6.07) is 18.6. The first kappa shape index (κ1) is 29.7. The van der Waals surface area contributed by atoms with Crippen molar-refractivity contribution in [2.75, 3.05) is 11.9 Å². The van der Waals surface area contributed by atoms with E-state index in [2.05, 4.69) is 20.6 Å². The average Bonchev–Trinajstić information content (AvgIpc) is 3.01. The number of rotatable bonds is 14. The first-order valence-electron chi connectivity index (χ1n) is 13.5. The van der Waals surface area contributed by atoms with Crippen molar-refractivity contribution in [2.24, 2.45) is 0 Å². The summed E-state index contributed by atoms with van der Waals surface area (Å²) in [6.07, 6.45) is 4.58. The SMILES string of the molecule is CCCCC(CNC(=O)Cn1c(-c2ccccc2)ncc(NC=O)c1=O)Oc1[nH]ccc(=O)c1C(=O)c1ccccc1. The molecule has 11 nitrogen and oxygen atoms in total. The van der Waals surface area contributed by atoms with Gasteiger partial charge in [0, 0.05) is 23.4 Å². The van der Waals surface area contributed by atoms with Gasteiger partial charge in [0.25, 0.3) is 5.56 Å². The standard InChI is InChI=1S/C31H31N5O6/c1-2-3-14-23(42-30-27(25(38)15-16-32-30)28(40)21-10-6-4-7-11-21)17-33-26(39)19-36-29(22-12-8-5-9-13-22)34-18-24(31(36)41)35-20-37/h4-13,15-16,18,20,23H,2-3,14,17,19H2,1H3,(H,32,38)(H,33,39)(H,35,37). The lowest BCUT2D eigenvalue weighted by atomic mass is 10.0. The van der Waals surface area contributed by atoms with Gasteiger partial charge in [-0.1, -0.05) is 74.0 Å².